The Kier molecular flexibility index (Phi) is 5.58. The standard InChI is InChI=1S/C19H17BrN2O4/c20-13-5-7-14(8-6-13)26-11-18(23)22-17(19(24)25)9-12-10-21-16-4-2-1-3-15(12)16/h1-8,10,17,21H,9,11H2,(H,22,23)(H,24,25). The monoisotopic (exact) mass is 416 g/mol. The van der Waals surface area contributed by atoms with Crippen LogP contribution in [0.5, 0.6) is 5.75 Å². The minimum atomic E-state index is -1.09. The van der Waals surface area contributed by atoms with E-state index in [0.29, 0.717) is 5.75 Å². The van der Waals surface area contributed by atoms with E-state index in [2.05, 4.69) is 26.2 Å². The molecular weight excluding hydrogens is 400 g/mol. The van der Waals surface area contributed by atoms with Crippen LogP contribution in [0.1, 0.15) is 5.56 Å². The second kappa shape index (κ2) is 8.05. The van der Waals surface area contributed by atoms with Crippen molar-refractivity contribution in [3.8, 4) is 5.75 Å². The molecule has 2 aromatic carbocycles. The van der Waals surface area contributed by atoms with Crippen molar-refractivity contribution >= 4 is 38.7 Å². The number of ether oxygens (including phenoxy) is 1. The van der Waals surface area contributed by atoms with Crippen molar-refractivity contribution in [2.24, 2.45) is 0 Å². The normalized spacial score (nSPS) is 11.9. The van der Waals surface area contributed by atoms with Gasteiger partial charge in [-0.15, -0.1) is 0 Å². The molecule has 0 fully saturated rings. The molecule has 0 aliphatic rings. The van der Waals surface area contributed by atoms with Gasteiger partial charge >= 0.3 is 5.97 Å². The molecule has 0 saturated heterocycles. The molecule has 0 saturated carbocycles. The number of H-pyrrole nitrogens is 1. The van der Waals surface area contributed by atoms with Crippen molar-refractivity contribution in [3.63, 3.8) is 0 Å². The third-order valence-electron chi connectivity index (χ3n) is 3.92. The number of carbonyl (C=O) groups excluding carboxylic acids is 1. The Morgan fingerprint density at radius 2 is 1.88 bits per heavy atom. The number of fused-ring (bicyclic) bond motifs is 1. The molecule has 0 aliphatic carbocycles. The molecule has 3 rings (SSSR count). The maximum atomic E-state index is 12.1. The number of amides is 1. The minimum absolute atomic E-state index is 0.184. The van der Waals surface area contributed by atoms with Gasteiger partial charge < -0.3 is 20.1 Å². The Morgan fingerprint density at radius 3 is 2.62 bits per heavy atom. The summed E-state index contributed by atoms with van der Waals surface area (Å²) in [6.07, 6.45) is 1.95. The summed E-state index contributed by atoms with van der Waals surface area (Å²) in [5.74, 6) is -1.04. The molecule has 3 aromatic rings. The summed E-state index contributed by atoms with van der Waals surface area (Å²) in [6.45, 7) is -0.251. The van der Waals surface area contributed by atoms with Crippen LogP contribution < -0.4 is 10.1 Å². The van der Waals surface area contributed by atoms with Gasteiger partial charge in [-0.2, -0.15) is 0 Å². The van der Waals surface area contributed by atoms with Gasteiger partial charge in [0.2, 0.25) is 0 Å². The fraction of sp³-hybridized carbons (Fsp3) is 0.158. The smallest absolute Gasteiger partial charge is 0.326 e. The number of aromatic nitrogens is 1. The van der Waals surface area contributed by atoms with Gasteiger partial charge in [0.15, 0.2) is 6.61 Å². The Bertz CT molecular complexity index is 921. The fourth-order valence-electron chi connectivity index (χ4n) is 2.64. The molecule has 1 atom stereocenters. The molecule has 1 aromatic heterocycles. The average Bonchev–Trinajstić information content (AvgIpc) is 3.04. The Labute approximate surface area is 158 Å². The molecule has 3 N–H and O–H groups in total. The van der Waals surface area contributed by atoms with Crippen molar-refractivity contribution in [2.45, 2.75) is 12.5 Å². The molecule has 6 nitrogen and oxygen atoms in total. The summed E-state index contributed by atoms with van der Waals surface area (Å²) in [5.41, 5.74) is 1.76. The summed E-state index contributed by atoms with van der Waals surface area (Å²) < 4.78 is 6.28. The van der Waals surface area contributed by atoms with Crippen molar-refractivity contribution in [1.82, 2.24) is 10.3 Å². The van der Waals surface area contributed by atoms with Gasteiger partial charge in [-0.25, -0.2) is 4.79 Å². The highest BCUT2D eigenvalue weighted by Gasteiger charge is 2.22. The number of carbonyl (C=O) groups is 2. The minimum Gasteiger partial charge on any atom is -0.484 e. The van der Waals surface area contributed by atoms with Gasteiger partial charge in [-0.1, -0.05) is 34.1 Å². The molecular formula is C19H17BrN2O4. The van der Waals surface area contributed by atoms with Crippen LogP contribution in [0, 0.1) is 0 Å². The second-order valence-corrected chi connectivity index (χ2v) is 6.68. The van der Waals surface area contributed by atoms with Crippen LogP contribution in [-0.2, 0) is 16.0 Å². The van der Waals surface area contributed by atoms with Crippen molar-refractivity contribution in [1.29, 1.82) is 0 Å². The van der Waals surface area contributed by atoms with E-state index >= 15 is 0 Å². The van der Waals surface area contributed by atoms with Gasteiger partial charge in [-0.3, -0.25) is 4.79 Å². The summed E-state index contributed by atoms with van der Waals surface area (Å²) in [6, 6.07) is 13.6. The Balaban J connectivity index is 1.62. The first-order chi connectivity index (χ1) is 12.5. The molecule has 0 aliphatic heterocycles. The first-order valence-electron chi connectivity index (χ1n) is 7.98. The second-order valence-electron chi connectivity index (χ2n) is 5.76. The van der Waals surface area contributed by atoms with Crippen molar-refractivity contribution in [3.05, 3.63) is 64.8 Å². The average molecular weight is 417 g/mol. The highest BCUT2D eigenvalue weighted by Crippen LogP contribution is 2.19. The Morgan fingerprint density at radius 1 is 1.15 bits per heavy atom. The third kappa shape index (κ3) is 4.43. The van der Waals surface area contributed by atoms with Crippen LogP contribution in [-0.4, -0.2) is 34.6 Å². The highest BCUT2D eigenvalue weighted by molar-refractivity contribution is 9.10. The summed E-state index contributed by atoms with van der Waals surface area (Å²) in [5, 5.41) is 12.9. The van der Waals surface area contributed by atoms with Gasteiger partial charge in [0.25, 0.3) is 5.91 Å². The number of nitrogens with one attached hydrogen (secondary N) is 2. The zero-order valence-corrected chi connectivity index (χ0v) is 15.3. The van der Waals surface area contributed by atoms with Gasteiger partial charge in [0.1, 0.15) is 11.8 Å². The largest absolute Gasteiger partial charge is 0.484 e. The number of carboxylic acids is 1. The van der Waals surface area contributed by atoms with Gasteiger partial charge in [0.05, 0.1) is 0 Å². The summed E-state index contributed by atoms with van der Waals surface area (Å²) in [7, 11) is 0. The van der Waals surface area contributed by atoms with Crippen LogP contribution >= 0.6 is 15.9 Å². The van der Waals surface area contributed by atoms with Crippen molar-refractivity contribution < 1.29 is 19.4 Å². The molecule has 1 heterocycles. The molecule has 0 bridgehead atoms. The predicted molar refractivity (Wildman–Crippen MR) is 101 cm³/mol. The number of aromatic amines is 1. The van der Waals surface area contributed by atoms with E-state index < -0.39 is 17.9 Å². The van der Waals surface area contributed by atoms with E-state index in [9.17, 15) is 14.7 Å². The number of halogens is 1. The number of benzene rings is 2. The molecule has 1 unspecified atom stereocenters. The number of para-hydroxylation sites is 1. The number of aliphatic carboxylic acids is 1. The van der Waals surface area contributed by atoms with Crippen LogP contribution in [0.3, 0.4) is 0 Å². The lowest BCUT2D eigenvalue weighted by Crippen LogP contribution is -2.44. The lowest BCUT2D eigenvalue weighted by molar-refractivity contribution is -0.142. The van der Waals surface area contributed by atoms with Crippen LogP contribution in [0.4, 0.5) is 0 Å². The van der Waals surface area contributed by atoms with E-state index in [1.54, 1.807) is 30.5 Å². The highest BCUT2D eigenvalue weighted by atomic mass is 79.9. The maximum Gasteiger partial charge on any atom is 0.326 e. The predicted octanol–water partition coefficient (Wildman–Crippen LogP) is 3.12. The van der Waals surface area contributed by atoms with Gasteiger partial charge in [0, 0.05) is 28.0 Å². The maximum absolute atomic E-state index is 12.1. The van der Waals surface area contributed by atoms with Crippen LogP contribution in [0.15, 0.2) is 59.2 Å². The summed E-state index contributed by atoms with van der Waals surface area (Å²) in [4.78, 5) is 26.7. The first-order valence-corrected chi connectivity index (χ1v) is 8.78. The molecule has 134 valence electrons. The van der Waals surface area contributed by atoms with E-state index in [-0.39, 0.29) is 13.0 Å². The number of carboxylic acid groups (broad SMARTS) is 1. The van der Waals surface area contributed by atoms with E-state index in [1.165, 1.54) is 0 Å². The first kappa shape index (κ1) is 18.0. The number of rotatable bonds is 7. The lowest BCUT2D eigenvalue weighted by Gasteiger charge is -2.14. The van der Waals surface area contributed by atoms with E-state index in [0.717, 1.165) is 20.9 Å². The van der Waals surface area contributed by atoms with E-state index in [1.807, 2.05) is 24.3 Å². The van der Waals surface area contributed by atoms with Crippen LogP contribution in [0.25, 0.3) is 10.9 Å². The fourth-order valence-corrected chi connectivity index (χ4v) is 2.90. The third-order valence-corrected chi connectivity index (χ3v) is 4.44. The molecule has 26 heavy (non-hydrogen) atoms. The quantitative estimate of drug-likeness (QED) is 0.551. The Hall–Kier alpha value is -2.80. The molecule has 7 heteroatoms. The molecule has 0 spiro atoms. The van der Waals surface area contributed by atoms with Crippen molar-refractivity contribution in [2.75, 3.05) is 6.61 Å². The zero-order valence-electron chi connectivity index (χ0n) is 13.7. The molecule has 0 radical (unpaired) electrons. The van der Waals surface area contributed by atoms with Crippen LogP contribution in [0.2, 0.25) is 0 Å². The van der Waals surface area contributed by atoms with E-state index in [4.69, 9.17) is 4.74 Å². The zero-order chi connectivity index (χ0) is 18.5. The number of hydrogen-bond donors (Lipinski definition) is 3. The topological polar surface area (TPSA) is 91.4 Å². The summed E-state index contributed by atoms with van der Waals surface area (Å²) >= 11 is 3.32. The molecule has 1 amide bonds. The lowest BCUT2D eigenvalue weighted by atomic mass is 10.1. The SMILES string of the molecule is O=C(COc1ccc(Br)cc1)NC(Cc1c[nH]c2ccccc12)C(=O)O. The van der Waals surface area contributed by atoms with Gasteiger partial charge in [-0.05, 0) is 35.9 Å². The number of hydrogen-bond acceptors (Lipinski definition) is 3.